The van der Waals surface area contributed by atoms with E-state index in [0.717, 1.165) is 36.2 Å². The van der Waals surface area contributed by atoms with Crippen molar-refractivity contribution in [1.29, 1.82) is 0 Å². The number of amides is 1. The Morgan fingerprint density at radius 3 is 2.52 bits per heavy atom. The summed E-state index contributed by atoms with van der Waals surface area (Å²) in [6, 6.07) is 13.9. The number of halogens is 1. The first-order chi connectivity index (χ1) is 12.1. The van der Waals surface area contributed by atoms with Gasteiger partial charge >= 0.3 is 0 Å². The van der Waals surface area contributed by atoms with E-state index in [2.05, 4.69) is 10.4 Å². The zero-order chi connectivity index (χ0) is 17.4. The molecule has 1 aliphatic rings. The lowest BCUT2D eigenvalue weighted by atomic mass is 10.2. The summed E-state index contributed by atoms with van der Waals surface area (Å²) in [7, 11) is 0. The highest BCUT2D eigenvalue weighted by Gasteiger charge is 2.27. The van der Waals surface area contributed by atoms with Crippen LogP contribution in [0.3, 0.4) is 0 Å². The van der Waals surface area contributed by atoms with Gasteiger partial charge in [-0.15, -0.1) is 0 Å². The fourth-order valence-corrected chi connectivity index (χ4v) is 3.24. The molecule has 0 saturated carbocycles. The number of nitrogens with zero attached hydrogens (tertiary/aromatic N) is 2. The second-order valence-electron chi connectivity index (χ2n) is 6.34. The highest BCUT2D eigenvalue weighted by molar-refractivity contribution is 6.04. The Bertz CT molecular complexity index is 927. The minimum absolute atomic E-state index is 0.254. The Kier molecular flexibility index (Phi) is 3.84. The molecule has 0 aliphatic heterocycles. The van der Waals surface area contributed by atoms with Crippen LogP contribution in [0.25, 0.3) is 5.69 Å². The Morgan fingerprint density at radius 2 is 1.80 bits per heavy atom. The van der Waals surface area contributed by atoms with Crippen molar-refractivity contribution in [2.24, 2.45) is 0 Å². The second-order valence-corrected chi connectivity index (χ2v) is 6.34. The van der Waals surface area contributed by atoms with Crippen LogP contribution in [0.4, 0.5) is 10.1 Å². The average Bonchev–Trinajstić information content (AvgIpc) is 3.20. The zero-order valence-corrected chi connectivity index (χ0v) is 13.9. The van der Waals surface area contributed by atoms with Crippen LogP contribution in [0.2, 0.25) is 0 Å². The Hall–Kier alpha value is -2.95. The quantitative estimate of drug-likeness (QED) is 0.784. The fraction of sp³-hybridized carbons (Fsp3) is 0.200. The number of fused-ring (bicyclic) bond motifs is 1. The number of aryl methyl sites for hydroxylation is 1. The van der Waals surface area contributed by atoms with Crippen molar-refractivity contribution < 1.29 is 9.18 Å². The Balaban J connectivity index is 1.68. The molecule has 1 heterocycles. The van der Waals surface area contributed by atoms with Crippen LogP contribution in [0.15, 0.2) is 48.5 Å². The number of aromatic nitrogens is 2. The molecule has 0 atom stereocenters. The summed E-state index contributed by atoms with van der Waals surface area (Å²) in [5.41, 5.74) is 5.28. The standard InChI is InChI=1S/C20H18FN3O/c1-13-5-11-16(12-6-13)24-18-4-2-3-17(18)19(23-24)20(25)22-15-9-7-14(21)8-10-15/h5-12H,2-4H2,1H3,(H,22,25). The van der Waals surface area contributed by atoms with Crippen molar-refractivity contribution in [3.63, 3.8) is 0 Å². The lowest BCUT2D eigenvalue weighted by molar-refractivity contribution is 0.102. The number of anilines is 1. The molecule has 0 saturated heterocycles. The number of nitrogens with one attached hydrogen (secondary N) is 1. The first-order valence-corrected chi connectivity index (χ1v) is 8.36. The number of benzene rings is 2. The third-order valence-corrected chi connectivity index (χ3v) is 4.53. The van der Waals surface area contributed by atoms with Gasteiger partial charge in [0.2, 0.25) is 0 Å². The highest BCUT2D eigenvalue weighted by Crippen LogP contribution is 2.28. The molecule has 0 fully saturated rings. The maximum absolute atomic E-state index is 13.0. The van der Waals surface area contributed by atoms with E-state index in [-0.39, 0.29) is 11.7 Å². The highest BCUT2D eigenvalue weighted by atomic mass is 19.1. The average molecular weight is 335 g/mol. The third-order valence-electron chi connectivity index (χ3n) is 4.53. The summed E-state index contributed by atoms with van der Waals surface area (Å²) in [6.45, 7) is 2.04. The van der Waals surface area contributed by atoms with E-state index in [1.807, 2.05) is 35.9 Å². The molecule has 0 bridgehead atoms. The Labute approximate surface area is 145 Å². The minimum atomic E-state index is -0.331. The number of rotatable bonds is 3. The summed E-state index contributed by atoms with van der Waals surface area (Å²) in [5.74, 6) is -0.585. The van der Waals surface area contributed by atoms with Crippen molar-refractivity contribution in [3.8, 4) is 5.69 Å². The van der Waals surface area contributed by atoms with E-state index in [1.165, 1.54) is 17.7 Å². The summed E-state index contributed by atoms with van der Waals surface area (Å²) in [6.07, 6.45) is 2.79. The summed E-state index contributed by atoms with van der Waals surface area (Å²) >= 11 is 0. The fourth-order valence-electron chi connectivity index (χ4n) is 3.24. The van der Waals surface area contributed by atoms with Gasteiger partial charge in [-0.25, -0.2) is 9.07 Å². The van der Waals surface area contributed by atoms with E-state index < -0.39 is 0 Å². The van der Waals surface area contributed by atoms with Gasteiger partial charge in [-0.2, -0.15) is 5.10 Å². The van der Waals surface area contributed by atoms with Crippen molar-refractivity contribution in [1.82, 2.24) is 9.78 Å². The van der Waals surface area contributed by atoms with E-state index in [9.17, 15) is 9.18 Å². The van der Waals surface area contributed by atoms with Gasteiger partial charge in [0, 0.05) is 16.9 Å². The normalized spacial score (nSPS) is 12.9. The summed E-state index contributed by atoms with van der Waals surface area (Å²) < 4.78 is 14.9. The Morgan fingerprint density at radius 1 is 1.08 bits per heavy atom. The van der Waals surface area contributed by atoms with Crippen LogP contribution >= 0.6 is 0 Å². The lowest BCUT2D eigenvalue weighted by Gasteiger charge is -2.06. The van der Waals surface area contributed by atoms with Crippen LogP contribution in [-0.4, -0.2) is 15.7 Å². The molecule has 1 aromatic heterocycles. The molecule has 0 unspecified atom stereocenters. The molecule has 1 aliphatic carbocycles. The van der Waals surface area contributed by atoms with Crippen molar-refractivity contribution >= 4 is 11.6 Å². The molecule has 0 spiro atoms. The molecule has 0 radical (unpaired) electrons. The predicted octanol–water partition coefficient (Wildman–Crippen LogP) is 4.06. The first-order valence-electron chi connectivity index (χ1n) is 8.36. The first kappa shape index (κ1) is 15.6. The molecule has 1 N–H and O–H groups in total. The van der Waals surface area contributed by atoms with Gasteiger partial charge in [-0.05, 0) is 62.6 Å². The molecule has 25 heavy (non-hydrogen) atoms. The molecule has 2 aromatic carbocycles. The lowest BCUT2D eigenvalue weighted by Crippen LogP contribution is -2.15. The van der Waals surface area contributed by atoms with Gasteiger partial charge in [0.1, 0.15) is 5.82 Å². The van der Waals surface area contributed by atoms with Gasteiger partial charge in [0.05, 0.1) is 5.69 Å². The third kappa shape index (κ3) is 2.93. The van der Waals surface area contributed by atoms with Crippen LogP contribution in [0.5, 0.6) is 0 Å². The SMILES string of the molecule is Cc1ccc(-n2nc(C(=O)Nc3ccc(F)cc3)c3c2CCC3)cc1. The van der Waals surface area contributed by atoms with Gasteiger partial charge in [0.15, 0.2) is 5.69 Å². The van der Waals surface area contributed by atoms with Crippen LogP contribution in [-0.2, 0) is 12.8 Å². The molecular formula is C20H18FN3O. The van der Waals surface area contributed by atoms with Gasteiger partial charge in [0.25, 0.3) is 5.91 Å². The van der Waals surface area contributed by atoms with Crippen molar-refractivity contribution in [2.45, 2.75) is 26.2 Å². The maximum Gasteiger partial charge on any atom is 0.276 e. The van der Waals surface area contributed by atoms with E-state index in [1.54, 1.807) is 12.1 Å². The van der Waals surface area contributed by atoms with Gasteiger partial charge in [-0.3, -0.25) is 4.79 Å². The number of hydrogen-bond donors (Lipinski definition) is 1. The topological polar surface area (TPSA) is 46.9 Å². The van der Waals surface area contributed by atoms with E-state index >= 15 is 0 Å². The maximum atomic E-state index is 13.0. The molecule has 126 valence electrons. The second kappa shape index (κ2) is 6.16. The van der Waals surface area contributed by atoms with Crippen molar-refractivity contribution in [3.05, 3.63) is 76.9 Å². The molecule has 1 amide bonds. The number of hydrogen-bond acceptors (Lipinski definition) is 2. The molecule has 5 heteroatoms. The van der Waals surface area contributed by atoms with E-state index in [0.29, 0.717) is 11.4 Å². The largest absolute Gasteiger partial charge is 0.321 e. The zero-order valence-electron chi connectivity index (χ0n) is 13.9. The van der Waals surface area contributed by atoms with Crippen molar-refractivity contribution in [2.75, 3.05) is 5.32 Å². The van der Waals surface area contributed by atoms with Crippen LogP contribution in [0.1, 0.15) is 33.7 Å². The van der Waals surface area contributed by atoms with Gasteiger partial charge in [-0.1, -0.05) is 17.7 Å². The number of carbonyl (C=O) groups excluding carboxylic acids is 1. The smallest absolute Gasteiger partial charge is 0.276 e. The van der Waals surface area contributed by atoms with Gasteiger partial charge < -0.3 is 5.32 Å². The molecule has 4 rings (SSSR count). The molecule has 4 nitrogen and oxygen atoms in total. The summed E-state index contributed by atoms with van der Waals surface area (Å²) in [4.78, 5) is 12.7. The van der Waals surface area contributed by atoms with E-state index in [4.69, 9.17) is 0 Å². The monoisotopic (exact) mass is 335 g/mol. The van der Waals surface area contributed by atoms with Crippen LogP contribution < -0.4 is 5.32 Å². The molecular weight excluding hydrogens is 317 g/mol. The predicted molar refractivity (Wildman–Crippen MR) is 94.7 cm³/mol. The molecule has 3 aromatic rings. The number of carbonyl (C=O) groups is 1. The minimum Gasteiger partial charge on any atom is -0.321 e. The van der Waals surface area contributed by atoms with Crippen LogP contribution in [0, 0.1) is 12.7 Å². The summed E-state index contributed by atoms with van der Waals surface area (Å²) in [5, 5.41) is 7.38.